The van der Waals surface area contributed by atoms with E-state index in [4.69, 9.17) is 15.3 Å². The summed E-state index contributed by atoms with van der Waals surface area (Å²) in [5, 5.41) is 8.60. The Morgan fingerprint density at radius 3 is 2.55 bits per heavy atom. The molecule has 64 valence electrons. The van der Waals surface area contributed by atoms with Crippen molar-refractivity contribution in [1.82, 2.24) is 0 Å². The molecular weight excluding hydrogens is 166 g/mol. The third kappa shape index (κ3) is 2.54. The molecule has 0 saturated heterocycles. The highest BCUT2D eigenvalue weighted by molar-refractivity contribution is 5.85. The molecule has 1 atom stereocenters. The molecule has 1 aromatic rings. The fourth-order valence-electron chi connectivity index (χ4n) is 0.724. The van der Waals surface area contributed by atoms with Crippen LogP contribution >= 0.6 is 12.4 Å². The molecule has 0 bridgehead atoms. The number of furan rings is 1. The van der Waals surface area contributed by atoms with Crippen molar-refractivity contribution in [3.05, 3.63) is 23.7 Å². The van der Waals surface area contributed by atoms with Gasteiger partial charge in [0.05, 0.1) is 6.04 Å². The van der Waals surface area contributed by atoms with Crippen molar-refractivity contribution >= 4 is 12.4 Å². The molecular formula is C7H12ClNO2. The zero-order valence-corrected chi connectivity index (χ0v) is 7.10. The molecule has 0 aromatic carbocycles. The zero-order valence-electron chi connectivity index (χ0n) is 6.28. The van der Waals surface area contributed by atoms with Gasteiger partial charge in [-0.2, -0.15) is 0 Å². The fourth-order valence-corrected chi connectivity index (χ4v) is 0.724. The van der Waals surface area contributed by atoms with Crippen LogP contribution in [0, 0.1) is 0 Å². The number of halogens is 1. The van der Waals surface area contributed by atoms with Crippen LogP contribution in [0.1, 0.15) is 24.5 Å². The highest BCUT2D eigenvalue weighted by atomic mass is 35.5. The average Bonchev–Trinajstić information content (AvgIpc) is 2.34. The topological polar surface area (TPSA) is 59.4 Å². The van der Waals surface area contributed by atoms with E-state index in [9.17, 15) is 0 Å². The summed E-state index contributed by atoms with van der Waals surface area (Å²) in [6, 6.07) is 3.40. The molecule has 1 aromatic heterocycles. The Balaban J connectivity index is 0.000001000. The SMILES string of the molecule is C[C@@H](N)c1ccc(CO)o1.Cl. The van der Waals surface area contributed by atoms with Crippen LogP contribution in [-0.4, -0.2) is 5.11 Å². The fraction of sp³-hybridized carbons (Fsp3) is 0.429. The first kappa shape index (κ1) is 10.5. The van der Waals surface area contributed by atoms with Crippen molar-refractivity contribution in [2.24, 2.45) is 5.73 Å². The first-order chi connectivity index (χ1) is 4.74. The molecule has 0 aliphatic rings. The number of aliphatic hydroxyl groups is 1. The third-order valence-electron chi connectivity index (χ3n) is 1.29. The van der Waals surface area contributed by atoms with Gasteiger partial charge in [-0.15, -0.1) is 12.4 Å². The minimum Gasteiger partial charge on any atom is -0.462 e. The van der Waals surface area contributed by atoms with Crippen LogP contribution in [0.5, 0.6) is 0 Å². The van der Waals surface area contributed by atoms with E-state index in [-0.39, 0.29) is 25.1 Å². The zero-order chi connectivity index (χ0) is 7.56. The van der Waals surface area contributed by atoms with Gasteiger partial charge in [0.2, 0.25) is 0 Å². The number of hydrogen-bond acceptors (Lipinski definition) is 3. The Kier molecular flexibility index (Phi) is 4.18. The Morgan fingerprint density at radius 1 is 1.64 bits per heavy atom. The lowest BCUT2D eigenvalue weighted by atomic mass is 10.3. The van der Waals surface area contributed by atoms with Gasteiger partial charge in [-0.25, -0.2) is 0 Å². The van der Waals surface area contributed by atoms with E-state index in [1.807, 2.05) is 6.92 Å². The summed E-state index contributed by atoms with van der Waals surface area (Å²) in [7, 11) is 0. The second-order valence-corrected chi connectivity index (χ2v) is 2.25. The maximum absolute atomic E-state index is 8.60. The predicted molar refractivity (Wildman–Crippen MR) is 44.5 cm³/mol. The largest absolute Gasteiger partial charge is 0.462 e. The summed E-state index contributed by atoms with van der Waals surface area (Å²) >= 11 is 0. The molecule has 0 fully saturated rings. The second kappa shape index (κ2) is 4.38. The van der Waals surface area contributed by atoms with Crippen LogP contribution in [0.15, 0.2) is 16.5 Å². The van der Waals surface area contributed by atoms with E-state index in [1.165, 1.54) is 0 Å². The smallest absolute Gasteiger partial charge is 0.129 e. The molecule has 3 nitrogen and oxygen atoms in total. The first-order valence-electron chi connectivity index (χ1n) is 3.19. The quantitative estimate of drug-likeness (QED) is 0.714. The van der Waals surface area contributed by atoms with Crippen LogP contribution < -0.4 is 5.73 Å². The van der Waals surface area contributed by atoms with Crippen LogP contribution in [0.25, 0.3) is 0 Å². The lowest BCUT2D eigenvalue weighted by Crippen LogP contribution is -2.02. The highest BCUT2D eigenvalue weighted by Gasteiger charge is 2.03. The lowest BCUT2D eigenvalue weighted by molar-refractivity contribution is 0.242. The highest BCUT2D eigenvalue weighted by Crippen LogP contribution is 2.13. The molecule has 4 heteroatoms. The van der Waals surface area contributed by atoms with Crippen LogP contribution in [-0.2, 0) is 6.61 Å². The molecule has 0 amide bonds. The Hall–Kier alpha value is -0.510. The van der Waals surface area contributed by atoms with Gasteiger partial charge in [0, 0.05) is 0 Å². The predicted octanol–water partition coefficient (Wildman–Crippen LogP) is 1.21. The molecule has 11 heavy (non-hydrogen) atoms. The second-order valence-electron chi connectivity index (χ2n) is 2.25. The minimum atomic E-state index is -0.0969. The minimum absolute atomic E-state index is 0. The van der Waals surface area contributed by atoms with E-state index < -0.39 is 0 Å². The van der Waals surface area contributed by atoms with Gasteiger partial charge >= 0.3 is 0 Å². The molecule has 3 N–H and O–H groups in total. The Labute approximate surface area is 71.6 Å². The van der Waals surface area contributed by atoms with Crippen molar-refractivity contribution in [2.45, 2.75) is 19.6 Å². The molecule has 0 saturated carbocycles. The summed E-state index contributed by atoms with van der Waals surface area (Å²) in [6.45, 7) is 1.77. The first-order valence-corrected chi connectivity index (χ1v) is 3.19. The molecule has 0 unspecified atom stereocenters. The Morgan fingerprint density at radius 2 is 2.27 bits per heavy atom. The lowest BCUT2D eigenvalue weighted by Gasteiger charge is -1.97. The average molecular weight is 178 g/mol. The molecule has 0 radical (unpaired) electrons. The summed E-state index contributed by atoms with van der Waals surface area (Å²) in [4.78, 5) is 0. The van der Waals surface area contributed by atoms with Gasteiger partial charge in [0.15, 0.2) is 0 Å². The summed E-state index contributed by atoms with van der Waals surface area (Å²) in [6.07, 6.45) is 0. The molecule has 1 rings (SSSR count). The normalized spacial score (nSPS) is 12.3. The Bertz CT molecular complexity index is 210. The molecule has 0 spiro atoms. The van der Waals surface area contributed by atoms with Gasteiger partial charge < -0.3 is 15.3 Å². The molecule has 0 aliphatic carbocycles. The number of rotatable bonds is 2. The maximum Gasteiger partial charge on any atom is 0.129 e. The van der Waals surface area contributed by atoms with Gasteiger partial charge in [-0.3, -0.25) is 0 Å². The van der Waals surface area contributed by atoms with Crippen molar-refractivity contribution in [3.8, 4) is 0 Å². The van der Waals surface area contributed by atoms with Gasteiger partial charge in [-0.1, -0.05) is 0 Å². The van der Waals surface area contributed by atoms with Gasteiger partial charge in [0.1, 0.15) is 18.1 Å². The van der Waals surface area contributed by atoms with Crippen molar-refractivity contribution < 1.29 is 9.52 Å². The maximum atomic E-state index is 8.60. The monoisotopic (exact) mass is 177 g/mol. The van der Waals surface area contributed by atoms with Gasteiger partial charge in [0.25, 0.3) is 0 Å². The summed E-state index contributed by atoms with van der Waals surface area (Å²) in [5.41, 5.74) is 5.51. The van der Waals surface area contributed by atoms with E-state index in [2.05, 4.69) is 0 Å². The van der Waals surface area contributed by atoms with E-state index in [1.54, 1.807) is 12.1 Å². The van der Waals surface area contributed by atoms with Crippen LogP contribution in [0.3, 0.4) is 0 Å². The van der Waals surface area contributed by atoms with E-state index in [0.29, 0.717) is 11.5 Å². The van der Waals surface area contributed by atoms with Crippen LogP contribution in [0.4, 0.5) is 0 Å². The number of aliphatic hydroxyl groups excluding tert-OH is 1. The summed E-state index contributed by atoms with van der Waals surface area (Å²) in [5.74, 6) is 1.27. The van der Waals surface area contributed by atoms with Gasteiger partial charge in [-0.05, 0) is 19.1 Å². The van der Waals surface area contributed by atoms with E-state index in [0.717, 1.165) is 0 Å². The number of hydrogen-bond donors (Lipinski definition) is 2. The van der Waals surface area contributed by atoms with Crippen molar-refractivity contribution in [2.75, 3.05) is 0 Å². The van der Waals surface area contributed by atoms with Crippen molar-refractivity contribution in [1.29, 1.82) is 0 Å². The molecule has 1 heterocycles. The van der Waals surface area contributed by atoms with Crippen LogP contribution in [0.2, 0.25) is 0 Å². The number of nitrogens with two attached hydrogens (primary N) is 1. The van der Waals surface area contributed by atoms with Crippen molar-refractivity contribution in [3.63, 3.8) is 0 Å². The summed E-state index contributed by atoms with van der Waals surface area (Å²) < 4.78 is 5.12. The standard InChI is InChI=1S/C7H11NO2.ClH/c1-5(8)7-3-2-6(4-9)10-7;/h2-3,5,9H,4,8H2,1H3;1H/t5-;/m1./s1. The van der Waals surface area contributed by atoms with E-state index >= 15 is 0 Å². The third-order valence-corrected chi connectivity index (χ3v) is 1.29. The molecule has 0 aliphatic heterocycles.